The Balaban J connectivity index is 1.75. The molecule has 0 N–H and O–H groups in total. The van der Waals surface area contributed by atoms with Crippen LogP contribution in [0.3, 0.4) is 0 Å². The van der Waals surface area contributed by atoms with Crippen molar-refractivity contribution in [3.8, 4) is 0 Å². The van der Waals surface area contributed by atoms with E-state index in [9.17, 15) is 0 Å². The van der Waals surface area contributed by atoms with Crippen molar-refractivity contribution < 1.29 is 0 Å². The third-order valence-corrected chi connectivity index (χ3v) is 6.94. The molecule has 0 spiro atoms. The molecular formula is C18H19N3S3. The van der Waals surface area contributed by atoms with Crippen molar-refractivity contribution in [1.82, 2.24) is 14.9 Å². The van der Waals surface area contributed by atoms with Crippen molar-refractivity contribution in [3.05, 3.63) is 46.3 Å². The summed E-state index contributed by atoms with van der Waals surface area (Å²) in [4.78, 5) is 14.6. The number of likely N-dealkylation sites (N-methyl/N-ethyl adjacent to an activating group) is 1. The minimum Gasteiger partial charge on any atom is -0.301 e. The molecule has 0 fully saturated rings. The molecule has 1 aromatic carbocycles. The molecule has 0 bridgehead atoms. The van der Waals surface area contributed by atoms with Gasteiger partial charge in [-0.2, -0.15) is 0 Å². The van der Waals surface area contributed by atoms with Crippen LogP contribution in [0.25, 0.3) is 10.2 Å². The molecule has 1 aliphatic heterocycles. The van der Waals surface area contributed by atoms with Crippen molar-refractivity contribution in [2.45, 2.75) is 28.9 Å². The Kier molecular flexibility index (Phi) is 4.81. The maximum absolute atomic E-state index is 4.84. The van der Waals surface area contributed by atoms with Gasteiger partial charge in [0.05, 0.1) is 0 Å². The second-order valence-corrected chi connectivity index (χ2v) is 8.78. The molecule has 0 radical (unpaired) electrons. The lowest BCUT2D eigenvalue weighted by Gasteiger charge is -2.22. The first-order valence-corrected chi connectivity index (χ1v) is 11.0. The lowest BCUT2D eigenvalue weighted by atomic mass is 10.1. The van der Waals surface area contributed by atoms with Crippen molar-refractivity contribution >= 4 is 45.1 Å². The predicted octanol–water partition coefficient (Wildman–Crippen LogP) is 4.69. The Bertz CT molecular complexity index is 861. The van der Waals surface area contributed by atoms with Crippen LogP contribution < -0.4 is 0 Å². The van der Waals surface area contributed by atoms with E-state index in [-0.39, 0.29) is 0 Å². The van der Waals surface area contributed by atoms with Gasteiger partial charge in [0.2, 0.25) is 0 Å². The summed E-state index contributed by atoms with van der Waals surface area (Å²) < 4.78 is 0. The molecule has 2 aromatic heterocycles. The van der Waals surface area contributed by atoms with Gasteiger partial charge in [0.1, 0.15) is 9.86 Å². The average Bonchev–Trinajstić information content (AvgIpc) is 2.97. The van der Waals surface area contributed by atoms with Crippen molar-refractivity contribution in [3.63, 3.8) is 0 Å². The second kappa shape index (κ2) is 7.04. The van der Waals surface area contributed by atoms with Crippen LogP contribution in [0, 0.1) is 0 Å². The van der Waals surface area contributed by atoms with Gasteiger partial charge in [0.15, 0.2) is 5.16 Å². The van der Waals surface area contributed by atoms with E-state index in [1.165, 1.54) is 21.4 Å². The number of thiophene rings is 1. The summed E-state index contributed by atoms with van der Waals surface area (Å²) in [6.07, 6.45) is 3.15. The molecule has 0 atom stereocenters. The standard InChI is InChI=1S/C18H19N3S3/c1-21-9-8-13-14(10-21)24-17-15(13)16(19-18(20-17)22-2)23-11-12-6-4-3-5-7-12/h3-7H,8-11H2,1-2H3. The van der Waals surface area contributed by atoms with E-state index < -0.39 is 0 Å². The van der Waals surface area contributed by atoms with E-state index in [1.807, 2.05) is 29.4 Å². The van der Waals surface area contributed by atoms with Gasteiger partial charge < -0.3 is 4.90 Å². The zero-order valence-electron chi connectivity index (χ0n) is 13.8. The number of nitrogens with zero attached hydrogens (tertiary/aromatic N) is 3. The van der Waals surface area contributed by atoms with E-state index in [4.69, 9.17) is 9.97 Å². The van der Waals surface area contributed by atoms with Crippen molar-refractivity contribution in [2.75, 3.05) is 19.8 Å². The van der Waals surface area contributed by atoms with Crippen LogP contribution in [0.15, 0.2) is 40.5 Å². The molecule has 1 aliphatic rings. The maximum Gasteiger partial charge on any atom is 0.189 e. The van der Waals surface area contributed by atoms with E-state index in [1.54, 1.807) is 11.8 Å². The average molecular weight is 374 g/mol. The number of fused-ring (bicyclic) bond motifs is 3. The largest absolute Gasteiger partial charge is 0.301 e. The number of rotatable bonds is 4. The van der Waals surface area contributed by atoms with Gasteiger partial charge in [-0.05, 0) is 30.9 Å². The summed E-state index contributed by atoms with van der Waals surface area (Å²) in [5.41, 5.74) is 2.82. The molecule has 0 saturated carbocycles. The lowest BCUT2D eigenvalue weighted by molar-refractivity contribution is 0.318. The topological polar surface area (TPSA) is 29.0 Å². The molecule has 0 amide bonds. The highest BCUT2D eigenvalue weighted by atomic mass is 32.2. The third kappa shape index (κ3) is 3.20. The molecule has 3 heterocycles. The highest BCUT2D eigenvalue weighted by molar-refractivity contribution is 7.99. The van der Waals surface area contributed by atoms with Crippen LogP contribution in [0.2, 0.25) is 0 Å². The van der Waals surface area contributed by atoms with Gasteiger partial charge in [-0.25, -0.2) is 9.97 Å². The van der Waals surface area contributed by atoms with E-state index in [0.717, 1.165) is 40.3 Å². The molecular weight excluding hydrogens is 354 g/mol. The molecule has 3 aromatic rings. The van der Waals surface area contributed by atoms with E-state index >= 15 is 0 Å². The molecule has 0 aliphatic carbocycles. The molecule has 24 heavy (non-hydrogen) atoms. The number of hydrogen-bond acceptors (Lipinski definition) is 6. The highest BCUT2D eigenvalue weighted by Gasteiger charge is 2.23. The summed E-state index contributed by atoms with van der Waals surface area (Å²) in [5, 5.41) is 3.34. The molecule has 3 nitrogen and oxygen atoms in total. The normalized spacial score (nSPS) is 14.9. The Morgan fingerprint density at radius 3 is 2.83 bits per heavy atom. The van der Waals surface area contributed by atoms with Crippen LogP contribution in [0.4, 0.5) is 0 Å². The number of benzene rings is 1. The zero-order valence-corrected chi connectivity index (χ0v) is 16.2. The van der Waals surface area contributed by atoms with E-state index in [0.29, 0.717) is 0 Å². The van der Waals surface area contributed by atoms with Crippen LogP contribution in [0.1, 0.15) is 16.0 Å². The van der Waals surface area contributed by atoms with Gasteiger partial charge in [0, 0.05) is 29.1 Å². The summed E-state index contributed by atoms with van der Waals surface area (Å²) in [5.74, 6) is 0.950. The summed E-state index contributed by atoms with van der Waals surface area (Å²) in [7, 11) is 2.19. The molecule has 0 saturated heterocycles. The van der Waals surface area contributed by atoms with Crippen molar-refractivity contribution in [2.24, 2.45) is 0 Å². The molecule has 0 unspecified atom stereocenters. The SMILES string of the molecule is CSc1nc(SCc2ccccc2)c2c3c(sc2n1)CN(C)CC3. The molecule has 124 valence electrons. The highest BCUT2D eigenvalue weighted by Crippen LogP contribution is 2.40. The lowest BCUT2D eigenvalue weighted by Crippen LogP contribution is -2.25. The van der Waals surface area contributed by atoms with Crippen LogP contribution >= 0.6 is 34.9 Å². The zero-order chi connectivity index (χ0) is 16.5. The second-order valence-electron chi connectivity index (χ2n) is 5.96. The van der Waals surface area contributed by atoms with Crippen LogP contribution in [-0.4, -0.2) is 34.7 Å². The summed E-state index contributed by atoms with van der Waals surface area (Å²) in [6, 6.07) is 10.6. The molecule has 6 heteroatoms. The van der Waals surface area contributed by atoms with Gasteiger partial charge in [-0.15, -0.1) is 23.1 Å². The Morgan fingerprint density at radius 2 is 2.04 bits per heavy atom. The fourth-order valence-electron chi connectivity index (χ4n) is 2.99. The quantitative estimate of drug-likeness (QED) is 0.376. The van der Waals surface area contributed by atoms with Crippen LogP contribution in [-0.2, 0) is 18.7 Å². The minimum atomic E-state index is 0.880. The minimum absolute atomic E-state index is 0.880. The smallest absolute Gasteiger partial charge is 0.189 e. The van der Waals surface area contributed by atoms with Gasteiger partial charge >= 0.3 is 0 Å². The number of hydrogen-bond donors (Lipinski definition) is 0. The Hall–Kier alpha value is -1.08. The molecule has 4 rings (SSSR count). The monoisotopic (exact) mass is 373 g/mol. The Labute approximate surface area is 154 Å². The van der Waals surface area contributed by atoms with Crippen molar-refractivity contribution in [1.29, 1.82) is 0 Å². The van der Waals surface area contributed by atoms with Gasteiger partial charge in [-0.1, -0.05) is 42.1 Å². The fourth-order valence-corrected chi connectivity index (χ4v) is 5.85. The fraction of sp³-hybridized carbons (Fsp3) is 0.333. The maximum atomic E-state index is 4.84. The summed E-state index contributed by atoms with van der Waals surface area (Å²) >= 11 is 5.32. The van der Waals surface area contributed by atoms with Crippen LogP contribution in [0.5, 0.6) is 0 Å². The van der Waals surface area contributed by atoms with Gasteiger partial charge in [-0.3, -0.25) is 0 Å². The summed E-state index contributed by atoms with van der Waals surface area (Å²) in [6.45, 7) is 2.15. The number of aromatic nitrogens is 2. The predicted molar refractivity (Wildman–Crippen MR) is 105 cm³/mol. The third-order valence-electron chi connectivity index (χ3n) is 4.24. The van der Waals surface area contributed by atoms with Gasteiger partial charge in [0.25, 0.3) is 0 Å². The first kappa shape index (κ1) is 16.4. The van der Waals surface area contributed by atoms with E-state index in [2.05, 4.69) is 42.3 Å². The first-order valence-electron chi connectivity index (χ1n) is 7.96. The first-order chi connectivity index (χ1) is 11.7. The number of thioether (sulfide) groups is 2. The Morgan fingerprint density at radius 1 is 1.21 bits per heavy atom.